The Morgan fingerprint density at radius 1 is 1.56 bits per heavy atom. The molecular weight excluding hydrogens is 229 g/mol. The van der Waals surface area contributed by atoms with Gasteiger partial charge in [-0.05, 0) is 31.5 Å². The summed E-state index contributed by atoms with van der Waals surface area (Å²) < 4.78 is 18.9. The highest BCUT2D eigenvalue weighted by Crippen LogP contribution is 2.37. The molecule has 1 N–H and O–H groups in total. The van der Waals surface area contributed by atoms with Crippen molar-refractivity contribution in [2.24, 2.45) is 0 Å². The fraction of sp³-hybridized carbons (Fsp3) is 0.500. The highest BCUT2D eigenvalue weighted by molar-refractivity contribution is 6.32. The number of nitrogens with one attached hydrogen (secondary N) is 1. The van der Waals surface area contributed by atoms with E-state index in [-0.39, 0.29) is 11.9 Å². The SMILES string of the molecule is CCNC1CCCOc2c(Cl)cc(F)cc21. The first-order chi connectivity index (χ1) is 7.72. The molecule has 0 radical (unpaired) electrons. The monoisotopic (exact) mass is 243 g/mol. The molecule has 0 fully saturated rings. The quantitative estimate of drug-likeness (QED) is 0.861. The van der Waals surface area contributed by atoms with E-state index in [0.717, 1.165) is 24.9 Å². The van der Waals surface area contributed by atoms with Crippen LogP contribution in [0.1, 0.15) is 31.4 Å². The fourth-order valence-electron chi connectivity index (χ4n) is 2.07. The van der Waals surface area contributed by atoms with E-state index in [2.05, 4.69) is 5.32 Å². The van der Waals surface area contributed by atoms with Crippen molar-refractivity contribution >= 4 is 11.6 Å². The van der Waals surface area contributed by atoms with Crippen LogP contribution in [0.15, 0.2) is 12.1 Å². The van der Waals surface area contributed by atoms with Gasteiger partial charge in [0.05, 0.1) is 11.6 Å². The summed E-state index contributed by atoms with van der Waals surface area (Å²) in [5, 5.41) is 3.69. The van der Waals surface area contributed by atoms with E-state index in [9.17, 15) is 4.39 Å². The molecule has 1 unspecified atom stereocenters. The highest BCUT2D eigenvalue weighted by Gasteiger charge is 2.22. The Labute approximate surface area is 99.7 Å². The van der Waals surface area contributed by atoms with Crippen molar-refractivity contribution < 1.29 is 9.13 Å². The number of halogens is 2. The van der Waals surface area contributed by atoms with E-state index in [1.165, 1.54) is 12.1 Å². The minimum atomic E-state index is -0.308. The van der Waals surface area contributed by atoms with Crippen molar-refractivity contribution in [3.05, 3.63) is 28.5 Å². The van der Waals surface area contributed by atoms with Gasteiger partial charge >= 0.3 is 0 Å². The summed E-state index contributed by atoms with van der Waals surface area (Å²) in [6, 6.07) is 2.95. The van der Waals surface area contributed by atoms with Crippen LogP contribution in [0.4, 0.5) is 4.39 Å². The van der Waals surface area contributed by atoms with Crippen LogP contribution in [-0.2, 0) is 0 Å². The van der Waals surface area contributed by atoms with Crippen molar-refractivity contribution in [2.75, 3.05) is 13.2 Å². The molecule has 0 saturated carbocycles. The molecule has 1 aromatic carbocycles. The van der Waals surface area contributed by atoms with Gasteiger partial charge in [-0.15, -0.1) is 0 Å². The molecule has 0 spiro atoms. The zero-order valence-corrected chi connectivity index (χ0v) is 9.98. The van der Waals surface area contributed by atoms with E-state index in [1.807, 2.05) is 6.92 Å². The lowest BCUT2D eigenvalue weighted by molar-refractivity contribution is 0.315. The minimum absolute atomic E-state index is 0.135. The van der Waals surface area contributed by atoms with Crippen molar-refractivity contribution in [1.29, 1.82) is 0 Å². The molecule has 0 aromatic heterocycles. The smallest absolute Gasteiger partial charge is 0.142 e. The van der Waals surface area contributed by atoms with Gasteiger partial charge in [0.1, 0.15) is 11.6 Å². The maximum Gasteiger partial charge on any atom is 0.142 e. The van der Waals surface area contributed by atoms with Gasteiger partial charge in [0.15, 0.2) is 0 Å². The second kappa shape index (κ2) is 5.02. The molecule has 0 amide bonds. The van der Waals surface area contributed by atoms with E-state index in [0.29, 0.717) is 17.4 Å². The number of fused-ring (bicyclic) bond motifs is 1. The van der Waals surface area contributed by atoms with Crippen LogP contribution >= 0.6 is 11.6 Å². The first kappa shape index (κ1) is 11.7. The molecule has 1 aliphatic rings. The predicted octanol–water partition coefficient (Wildman–Crippen LogP) is 3.30. The van der Waals surface area contributed by atoms with Crippen molar-refractivity contribution in [3.8, 4) is 5.75 Å². The summed E-state index contributed by atoms with van der Waals surface area (Å²) in [7, 11) is 0. The van der Waals surface area contributed by atoms with E-state index >= 15 is 0 Å². The largest absolute Gasteiger partial charge is 0.492 e. The van der Waals surface area contributed by atoms with Crippen molar-refractivity contribution in [1.82, 2.24) is 5.32 Å². The molecule has 4 heteroatoms. The lowest BCUT2D eigenvalue weighted by Gasteiger charge is -2.18. The van der Waals surface area contributed by atoms with Gasteiger partial charge in [-0.2, -0.15) is 0 Å². The molecule has 0 saturated heterocycles. The third kappa shape index (κ3) is 2.30. The second-order valence-corrected chi connectivity index (χ2v) is 4.31. The van der Waals surface area contributed by atoms with Crippen LogP contribution in [-0.4, -0.2) is 13.2 Å². The number of rotatable bonds is 2. The van der Waals surface area contributed by atoms with Gasteiger partial charge in [0, 0.05) is 11.6 Å². The molecule has 2 nitrogen and oxygen atoms in total. The summed E-state index contributed by atoms with van der Waals surface area (Å²) in [5.74, 6) is 0.323. The lowest BCUT2D eigenvalue weighted by atomic mass is 10.0. The Bertz CT molecular complexity index is 384. The Morgan fingerprint density at radius 2 is 2.38 bits per heavy atom. The Morgan fingerprint density at radius 3 is 3.12 bits per heavy atom. The van der Waals surface area contributed by atoms with E-state index in [4.69, 9.17) is 16.3 Å². The van der Waals surface area contributed by atoms with Crippen LogP contribution in [0.25, 0.3) is 0 Å². The maximum absolute atomic E-state index is 13.3. The highest BCUT2D eigenvalue weighted by atomic mass is 35.5. The van der Waals surface area contributed by atoms with Gasteiger partial charge in [-0.1, -0.05) is 18.5 Å². The summed E-state index contributed by atoms with van der Waals surface area (Å²) in [6.07, 6.45) is 1.89. The number of benzene rings is 1. The van der Waals surface area contributed by atoms with Crippen molar-refractivity contribution in [3.63, 3.8) is 0 Å². The van der Waals surface area contributed by atoms with Gasteiger partial charge in [-0.25, -0.2) is 4.39 Å². The van der Waals surface area contributed by atoms with Crippen LogP contribution in [0.2, 0.25) is 5.02 Å². The first-order valence-electron chi connectivity index (χ1n) is 5.57. The van der Waals surface area contributed by atoms with Crippen molar-refractivity contribution in [2.45, 2.75) is 25.8 Å². The number of hydrogen-bond acceptors (Lipinski definition) is 2. The molecule has 1 aromatic rings. The number of ether oxygens (including phenoxy) is 1. The van der Waals surface area contributed by atoms with Gasteiger partial charge in [0.25, 0.3) is 0 Å². The molecule has 2 rings (SSSR count). The van der Waals surface area contributed by atoms with Crippen LogP contribution in [0.5, 0.6) is 5.75 Å². The van der Waals surface area contributed by atoms with Crippen LogP contribution < -0.4 is 10.1 Å². The zero-order chi connectivity index (χ0) is 11.5. The average molecular weight is 244 g/mol. The average Bonchev–Trinajstić information content (AvgIpc) is 2.42. The Kier molecular flexibility index (Phi) is 3.66. The molecule has 0 aliphatic carbocycles. The normalized spacial score (nSPS) is 19.8. The van der Waals surface area contributed by atoms with Crippen LogP contribution in [0.3, 0.4) is 0 Å². The standard InChI is InChI=1S/C12H15ClFNO/c1-2-15-11-4-3-5-16-12-9(11)6-8(14)7-10(12)13/h6-7,11,15H,2-5H2,1H3. The summed E-state index contributed by atoms with van der Waals surface area (Å²) in [6.45, 7) is 3.52. The molecule has 1 atom stereocenters. The van der Waals surface area contributed by atoms with Gasteiger partial charge < -0.3 is 10.1 Å². The Balaban J connectivity index is 2.43. The topological polar surface area (TPSA) is 21.3 Å². The summed E-state index contributed by atoms with van der Waals surface area (Å²) >= 11 is 5.99. The molecule has 1 heterocycles. The fourth-order valence-corrected chi connectivity index (χ4v) is 2.33. The zero-order valence-electron chi connectivity index (χ0n) is 9.22. The van der Waals surface area contributed by atoms with Crippen LogP contribution in [0, 0.1) is 5.82 Å². The van der Waals surface area contributed by atoms with E-state index in [1.54, 1.807) is 0 Å². The predicted molar refractivity (Wildman–Crippen MR) is 62.6 cm³/mol. The van der Waals surface area contributed by atoms with Gasteiger partial charge in [-0.3, -0.25) is 0 Å². The third-order valence-electron chi connectivity index (χ3n) is 2.75. The first-order valence-corrected chi connectivity index (χ1v) is 5.95. The third-order valence-corrected chi connectivity index (χ3v) is 3.03. The summed E-state index contributed by atoms with van der Waals surface area (Å²) in [4.78, 5) is 0. The molecule has 88 valence electrons. The molecule has 1 aliphatic heterocycles. The lowest BCUT2D eigenvalue weighted by Crippen LogP contribution is -2.20. The Hall–Kier alpha value is -0.800. The second-order valence-electron chi connectivity index (χ2n) is 3.91. The number of hydrogen-bond donors (Lipinski definition) is 1. The molecular formula is C12H15ClFNO. The van der Waals surface area contributed by atoms with Gasteiger partial charge in [0.2, 0.25) is 0 Å². The maximum atomic E-state index is 13.3. The molecule has 0 bridgehead atoms. The summed E-state index contributed by atoms with van der Waals surface area (Å²) in [5.41, 5.74) is 0.837. The minimum Gasteiger partial charge on any atom is -0.492 e. The van der Waals surface area contributed by atoms with E-state index < -0.39 is 0 Å². The molecule has 16 heavy (non-hydrogen) atoms.